The van der Waals surface area contributed by atoms with Gasteiger partial charge in [-0.25, -0.2) is 4.79 Å². The molecule has 1 heterocycles. The number of rotatable bonds is 7. The minimum atomic E-state index is -0.451. The predicted octanol–water partition coefficient (Wildman–Crippen LogP) is 3.72. The zero-order valence-electron chi connectivity index (χ0n) is 15.2. The summed E-state index contributed by atoms with van der Waals surface area (Å²) in [6, 6.07) is 13.8. The van der Waals surface area contributed by atoms with Gasteiger partial charge < -0.3 is 23.5 Å². The van der Waals surface area contributed by atoms with Crippen molar-refractivity contribution in [3.8, 4) is 28.6 Å². The van der Waals surface area contributed by atoms with Crippen molar-refractivity contribution in [3.05, 3.63) is 59.8 Å². The lowest BCUT2D eigenvalue weighted by Gasteiger charge is -2.07. The zero-order chi connectivity index (χ0) is 19.2. The van der Waals surface area contributed by atoms with Crippen LogP contribution in [-0.2, 0) is 11.3 Å². The van der Waals surface area contributed by atoms with Crippen LogP contribution in [0.1, 0.15) is 16.1 Å². The fourth-order valence-corrected chi connectivity index (χ4v) is 2.46. The maximum atomic E-state index is 12.1. The van der Waals surface area contributed by atoms with Gasteiger partial charge in [-0.15, -0.1) is 0 Å². The van der Waals surface area contributed by atoms with Crippen LogP contribution >= 0.6 is 0 Å². The highest BCUT2D eigenvalue weighted by atomic mass is 16.5. The van der Waals surface area contributed by atoms with Crippen LogP contribution in [0.25, 0.3) is 11.3 Å². The molecule has 140 valence electrons. The third-order valence-electron chi connectivity index (χ3n) is 3.90. The first-order valence-corrected chi connectivity index (χ1v) is 8.13. The van der Waals surface area contributed by atoms with E-state index in [2.05, 4.69) is 5.16 Å². The highest BCUT2D eigenvalue weighted by Gasteiger charge is 2.13. The van der Waals surface area contributed by atoms with Gasteiger partial charge in [-0.3, -0.25) is 0 Å². The molecule has 0 radical (unpaired) electrons. The lowest BCUT2D eigenvalue weighted by atomic mass is 10.1. The first-order valence-electron chi connectivity index (χ1n) is 8.13. The number of esters is 1. The largest absolute Gasteiger partial charge is 0.497 e. The number of hydrogen-bond donors (Lipinski definition) is 0. The van der Waals surface area contributed by atoms with Crippen LogP contribution in [0.3, 0.4) is 0 Å². The smallest absolute Gasteiger partial charge is 0.338 e. The number of carbonyl (C=O) groups is 1. The number of benzene rings is 2. The summed E-state index contributed by atoms with van der Waals surface area (Å²) in [5, 5.41) is 3.94. The Hall–Kier alpha value is -3.48. The molecule has 0 spiro atoms. The molecule has 0 aliphatic carbocycles. The van der Waals surface area contributed by atoms with Gasteiger partial charge in [0.25, 0.3) is 0 Å². The number of carbonyl (C=O) groups excluding carboxylic acids is 1. The fraction of sp³-hybridized carbons (Fsp3) is 0.200. The minimum absolute atomic E-state index is 0.00164. The second-order valence-electron chi connectivity index (χ2n) is 5.56. The third-order valence-corrected chi connectivity index (χ3v) is 3.90. The predicted molar refractivity (Wildman–Crippen MR) is 97.2 cm³/mol. The zero-order valence-corrected chi connectivity index (χ0v) is 15.2. The molecule has 27 heavy (non-hydrogen) atoms. The van der Waals surface area contributed by atoms with Gasteiger partial charge in [-0.05, 0) is 42.5 Å². The second-order valence-corrected chi connectivity index (χ2v) is 5.56. The highest BCUT2D eigenvalue weighted by Crippen LogP contribution is 2.32. The molecule has 0 aliphatic rings. The second kappa shape index (κ2) is 8.27. The van der Waals surface area contributed by atoms with Crippen LogP contribution in [-0.4, -0.2) is 32.5 Å². The van der Waals surface area contributed by atoms with Gasteiger partial charge in [0.2, 0.25) is 0 Å². The van der Waals surface area contributed by atoms with E-state index in [4.69, 9.17) is 23.5 Å². The van der Waals surface area contributed by atoms with E-state index in [1.54, 1.807) is 63.8 Å². The molecule has 7 heteroatoms. The minimum Gasteiger partial charge on any atom is -0.497 e. The van der Waals surface area contributed by atoms with Crippen molar-refractivity contribution in [3.63, 3.8) is 0 Å². The van der Waals surface area contributed by atoms with E-state index in [1.165, 1.54) is 0 Å². The summed E-state index contributed by atoms with van der Waals surface area (Å²) >= 11 is 0. The molecular weight excluding hydrogens is 350 g/mol. The quantitative estimate of drug-likeness (QED) is 0.587. The molecule has 0 bridgehead atoms. The molecule has 0 atom stereocenters. The van der Waals surface area contributed by atoms with E-state index in [1.807, 2.05) is 6.07 Å². The average molecular weight is 369 g/mol. The van der Waals surface area contributed by atoms with Crippen molar-refractivity contribution < 1.29 is 28.3 Å². The maximum absolute atomic E-state index is 12.1. The number of hydrogen-bond acceptors (Lipinski definition) is 7. The summed E-state index contributed by atoms with van der Waals surface area (Å²) in [4.78, 5) is 12.1. The van der Waals surface area contributed by atoms with Crippen LogP contribution in [0.5, 0.6) is 17.2 Å². The number of aromatic nitrogens is 1. The first-order chi connectivity index (χ1) is 13.1. The average Bonchev–Trinajstić information content (AvgIpc) is 3.20. The summed E-state index contributed by atoms with van der Waals surface area (Å²) < 4.78 is 26.2. The Balaban J connectivity index is 1.66. The molecular formula is C20H19NO6. The molecule has 7 nitrogen and oxygen atoms in total. The number of nitrogens with zero attached hydrogens (tertiary/aromatic N) is 1. The van der Waals surface area contributed by atoms with Crippen LogP contribution in [0.2, 0.25) is 0 Å². The van der Waals surface area contributed by atoms with Gasteiger partial charge in [0.1, 0.15) is 18.1 Å². The lowest BCUT2D eigenvalue weighted by molar-refractivity contribution is 0.0464. The van der Waals surface area contributed by atoms with Gasteiger partial charge >= 0.3 is 5.97 Å². The molecule has 0 N–H and O–H groups in total. The van der Waals surface area contributed by atoms with E-state index in [9.17, 15) is 4.79 Å². The Morgan fingerprint density at radius 1 is 0.926 bits per heavy atom. The van der Waals surface area contributed by atoms with Crippen molar-refractivity contribution >= 4 is 5.97 Å². The Labute approximate surface area is 156 Å². The molecule has 2 aromatic carbocycles. The summed E-state index contributed by atoms with van der Waals surface area (Å²) in [7, 11) is 4.70. The standard InChI is InChI=1S/C20H19NO6/c1-23-16-7-4-13(5-8-16)20(22)26-12-15-11-18(27-21-15)14-6-9-17(24-2)19(10-14)25-3/h4-11H,12H2,1-3H3. The lowest BCUT2D eigenvalue weighted by Crippen LogP contribution is -2.05. The van der Waals surface area contributed by atoms with E-state index in [0.29, 0.717) is 34.3 Å². The van der Waals surface area contributed by atoms with Crippen molar-refractivity contribution in [1.82, 2.24) is 5.16 Å². The van der Waals surface area contributed by atoms with Crippen molar-refractivity contribution in [2.24, 2.45) is 0 Å². The highest BCUT2D eigenvalue weighted by molar-refractivity contribution is 5.89. The molecule has 0 unspecified atom stereocenters. The molecule has 3 rings (SSSR count). The normalized spacial score (nSPS) is 10.3. The van der Waals surface area contributed by atoms with Crippen LogP contribution in [0, 0.1) is 0 Å². The van der Waals surface area contributed by atoms with Gasteiger partial charge in [0.15, 0.2) is 17.3 Å². The van der Waals surface area contributed by atoms with Crippen LogP contribution in [0.15, 0.2) is 53.1 Å². The fourth-order valence-electron chi connectivity index (χ4n) is 2.46. The van der Waals surface area contributed by atoms with Gasteiger partial charge in [-0.1, -0.05) is 5.16 Å². The van der Waals surface area contributed by atoms with Crippen LogP contribution in [0.4, 0.5) is 0 Å². The van der Waals surface area contributed by atoms with E-state index >= 15 is 0 Å². The maximum Gasteiger partial charge on any atom is 0.338 e. The Bertz CT molecular complexity index is 916. The summed E-state index contributed by atoms with van der Waals surface area (Å²) in [5.41, 5.74) is 1.70. The van der Waals surface area contributed by atoms with Gasteiger partial charge in [0.05, 0.1) is 26.9 Å². The van der Waals surface area contributed by atoms with Crippen molar-refractivity contribution in [1.29, 1.82) is 0 Å². The van der Waals surface area contributed by atoms with Gasteiger partial charge in [0, 0.05) is 11.6 Å². The molecule has 1 aromatic heterocycles. The van der Waals surface area contributed by atoms with Crippen molar-refractivity contribution in [2.75, 3.05) is 21.3 Å². The van der Waals surface area contributed by atoms with Crippen LogP contribution < -0.4 is 14.2 Å². The Morgan fingerprint density at radius 3 is 2.33 bits per heavy atom. The molecule has 0 saturated carbocycles. The molecule has 0 saturated heterocycles. The van der Waals surface area contributed by atoms with E-state index < -0.39 is 5.97 Å². The third kappa shape index (κ3) is 4.20. The molecule has 3 aromatic rings. The Morgan fingerprint density at radius 2 is 1.67 bits per heavy atom. The first kappa shape index (κ1) is 18.3. The summed E-state index contributed by atoms with van der Waals surface area (Å²) in [6.07, 6.45) is 0. The monoisotopic (exact) mass is 369 g/mol. The van der Waals surface area contributed by atoms with E-state index in [-0.39, 0.29) is 6.61 Å². The SMILES string of the molecule is COc1ccc(C(=O)OCc2cc(-c3ccc(OC)c(OC)c3)on2)cc1. The number of ether oxygens (including phenoxy) is 4. The molecule has 0 amide bonds. The van der Waals surface area contributed by atoms with Crippen molar-refractivity contribution in [2.45, 2.75) is 6.61 Å². The summed E-state index contributed by atoms with van der Waals surface area (Å²) in [6.45, 7) is 0.00164. The number of methoxy groups -OCH3 is 3. The topological polar surface area (TPSA) is 80.0 Å². The molecule has 0 fully saturated rings. The van der Waals surface area contributed by atoms with Gasteiger partial charge in [-0.2, -0.15) is 0 Å². The van der Waals surface area contributed by atoms with E-state index in [0.717, 1.165) is 5.56 Å². The Kier molecular flexibility index (Phi) is 5.61. The summed E-state index contributed by atoms with van der Waals surface area (Å²) in [5.74, 6) is 1.95. The molecule has 0 aliphatic heterocycles.